The second kappa shape index (κ2) is 6.94. The molecule has 0 fully saturated rings. The largest absolute Gasteiger partial charge is 0.310 e. The first-order valence-electron chi connectivity index (χ1n) is 6.01. The lowest BCUT2D eigenvalue weighted by Gasteiger charge is -2.01. The molecule has 0 unspecified atom stereocenters. The Morgan fingerprint density at radius 2 is 2.06 bits per heavy atom. The van der Waals surface area contributed by atoms with Crippen molar-refractivity contribution in [2.75, 3.05) is 12.4 Å². The first kappa shape index (κ1) is 12.8. The van der Waals surface area contributed by atoms with Crippen LogP contribution in [0.5, 0.6) is 0 Å². The third kappa shape index (κ3) is 3.95. The molecule has 1 aromatic carbocycles. The number of benzene rings is 1. The number of halogens is 1. The Balaban J connectivity index is 1.75. The fourth-order valence-corrected chi connectivity index (χ4v) is 2.84. The van der Waals surface area contributed by atoms with Crippen molar-refractivity contribution in [1.29, 1.82) is 0 Å². The van der Waals surface area contributed by atoms with E-state index in [1.54, 1.807) is 11.3 Å². The van der Waals surface area contributed by atoms with Crippen LogP contribution in [0.15, 0.2) is 24.3 Å². The second-order valence-corrected chi connectivity index (χ2v) is 5.49. The van der Waals surface area contributed by atoms with Gasteiger partial charge < -0.3 is 5.32 Å². The average molecular weight is 269 g/mol. The molecule has 92 valence electrons. The van der Waals surface area contributed by atoms with Gasteiger partial charge in [0.15, 0.2) is 0 Å². The SMILES string of the molecule is ClCCCCCNCc1nc2ccccc2s1. The van der Waals surface area contributed by atoms with Crippen molar-refractivity contribution in [1.82, 2.24) is 10.3 Å². The van der Waals surface area contributed by atoms with Crippen LogP contribution in [-0.2, 0) is 6.54 Å². The van der Waals surface area contributed by atoms with E-state index in [0.29, 0.717) is 0 Å². The summed E-state index contributed by atoms with van der Waals surface area (Å²) in [5.41, 5.74) is 1.11. The Hall–Kier alpha value is -0.640. The van der Waals surface area contributed by atoms with E-state index in [9.17, 15) is 0 Å². The summed E-state index contributed by atoms with van der Waals surface area (Å²) < 4.78 is 1.27. The molecule has 0 aliphatic carbocycles. The molecule has 0 aliphatic rings. The van der Waals surface area contributed by atoms with Crippen LogP contribution in [0.2, 0.25) is 0 Å². The van der Waals surface area contributed by atoms with Gasteiger partial charge in [0.1, 0.15) is 5.01 Å². The van der Waals surface area contributed by atoms with Gasteiger partial charge in [-0.25, -0.2) is 4.98 Å². The van der Waals surface area contributed by atoms with Crippen LogP contribution >= 0.6 is 22.9 Å². The molecule has 0 amide bonds. The van der Waals surface area contributed by atoms with Gasteiger partial charge >= 0.3 is 0 Å². The Bertz CT molecular complexity index is 422. The first-order valence-corrected chi connectivity index (χ1v) is 7.36. The molecule has 0 spiro atoms. The standard InChI is InChI=1S/C13H17ClN2S/c14-8-4-1-5-9-15-10-13-16-11-6-2-3-7-12(11)17-13/h2-3,6-7,15H,1,4-5,8-10H2. The maximum atomic E-state index is 5.63. The summed E-state index contributed by atoms with van der Waals surface area (Å²) in [6, 6.07) is 8.28. The summed E-state index contributed by atoms with van der Waals surface area (Å²) in [6.07, 6.45) is 3.51. The summed E-state index contributed by atoms with van der Waals surface area (Å²) in [6.45, 7) is 1.92. The fourth-order valence-electron chi connectivity index (χ4n) is 1.71. The zero-order valence-electron chi connectivity index (χ0n) is 9.79. The minimum atomic E-state index is 0.776. The van der Waals surface area contributed by atoms with Crippen molar-refractivity contribution in [3.05, 3.63) is 29.3 Å². The van der Waals surface area contributed by atoms with Gasteiger partial charge in [-0.3, -0.25) is 0 Å². The quantitative estimate of drug-likeness (QED) is 0.610. The van der Waals surface area contributed by atoms with Gasteiger partial charge in [-0.15, -0.1) is 22.9 Å². The van der Waals surface area contributed by atoms with E-state index in [-0.39, 0.29) is 0 Å². The first-order chi connectivity index (χ1) is 8.40. The van der Waals surface area contributed by atoms with E-state index < -0.39 is 0 Å². The lowest BCUT2D eigenvalue weighted by molar-refractivity contribution is 0.617. The summed E-state index contributed by atoms with van der Waals surface area (Å²) in [4.78, 5) is 4.58. The zero-order chi connectivity index (χ0) is 11.9. The molecule has 0 saturated carbocycles. The molecule has 2 aromatic rings. The summed E-state index contributed by atoms with van der Waals surface area (Å²) >= 11 is 7.40. The van der Waals surface area contributed by atoms with Gasteiger partial charge in [0.05, 0.1) is 10.2 Å². The number of aromatic nitrogens is 1. The second-order valence-electron chi connectivity index (χ2n) is 4.00. The smallest absolute Gasteiger partial charge is 0.108 e. The highest BCUT2D eigenvalue weighted by Crippen LogP contribution is 2.21. The lowest BCUT2D eigenvalue weighted by atomic mass is 10.2. The number of unbranched alkanes of at least 4 members (excludes halogenated alkanes) is 2. The van der Waals surface area contributed by atoms with Crippen molar-refractivity contribution in [3.63, 3.8) is 0 Å². The van der Waals surface area contributed by atoms with Crippen molar-refractivity contribution in [2.45, 2.75) is 25.8 Å². The topological polar surface area (TPSA) is 24.9 Å². The van der Waals surface area contributed by atoms with Crippen LogP contribution in [0.4, 0.5) is 0 Å². The molecule has 1 aromatic heterocycles. The van der Waals surface area contributed by atoms with E-state index in [4.69, 9.17) is 11.6 Å². The number of nitrogens with zero attached hydrogens (tertiary/aromatic N) is 1. The van der Waals surface area contributed by atoms with E-state index in [2.05, 4.69) is 28.5 Å². The van der Waals surface area contributed by atoms with Crippen LogP contribution < -0.4 is 5.32 Å². The highest BCUT2D eigenvalue weighted by molar-refractivity contribution is 7.18. The number of fused-ring (bicyclic) bond motifs is 1. The third-order valence-electron chi connectivity index (χ3n) is 2.60. The maximum absolute atomic E-state index is 5.63. The molecule has 17 heavy (non-hydrogen) atoms. The van der Waals surface area contributed by atoms with Crippen LogP contribution in [0.1, 0.15) is 24.3 Å². The molecule has 0 bridgehead atoms. The number of para-hydroxylation sites is 1. The third-order valence-corrected chi connectivity index (χ3v) is 3.91. The predicted octanol–water partition coefficient (Wildman–Crippen LogP) is 3.80. The molecule has 2 rings (SSSR count). The highest BCUT2D eigenvalue weighted by atomic mass is 35.5. The summed E-state index contributed by atoms with van der Waals surface area (Å²) in [7, 11) is 0. The average Bonchev–Trinajstić information content (AvgIpc) is 2.76. The zero-order valence-corrected chi connectivity index (χ0v) is 11.4. The molecule has 2 nitrogen and oxygen atoms in total. The molecular weight excluding hydrogens is 252 g/mol. The van der Waals surface area contributed by atoms with E-state index in [1.807, 2.05) is 6.07 Å². The molecule has 0 atom stereocenters. The number of alkyl halides is 1. The van der Waals surface area contributed by atoms with Crippen molar-refractivity contribution < 1.29 is 0 Å². The minimum Gasteiger partial charge on any atom is -0.310 e. The Morgan fingerprint density at radius 1 is 1.18 bits per heavy atom. The van der Waals surface area contributed by atoms with Crippen LogP contribution in [0.25, 0.3) is 10.2 Å². The van der Waals surface area contributed by atoms with Crippen molar-refractivity contribution >= 4 is 33.2 Å². The van der Waals surface area contributed by atoms with Crippen molar-refractivity contribution in [2.24, 2.45) is 0 Å². The van der Waals surface area contributed by atoms with Gasteiger partial charge in [-0.05, 0) is 31.5 Å². The van der Waals surface area contributed by atoms with E-state index in [1.165, 1.54) is 22.5 Å². The van der Waals surface area contributed by atoms with E-state index in [0.717, 1.165) is 30.9 Å². The number of rotatable bonds is 7. The lowest BCUT2D eigenvalue weighted by Crippen LogP contribution is -2.14. The number of hydrogen-bond donors (Lipinski definition) is 1. The highest BCUT2D eigenvalue weighted by Gasteiger charge is 2.01. The van der Waals surface area contributed by atoms with Gasteiger partial charge in [0.25, 0.3) is 0 Å². The molecule has 1 heterocycles. The number of nitrogens with one attached hydrogen (secondary N) is 1. The normalized spacial score (nSPS) is 11.1. The van der Waals surface area contributed by atoms with Crippen LogP contribution in [-0.4, -0.2) is 17.4 Å². The van der Waals surface area contributed by atoms with Gasteiger partial charge in [-0.2, -0.15) is 0 Å². The predicted molar refractivity (Wildman–Crippen MR) is 75.9 cm³/mol. The summed E-state index contributed by atoms with van der Waals surface area (Å²) in [5, 5.41) is 4.60. The monoisotopic (exact) mass is 268 g/mol. The molecule has 1 N–H and O–H groups in total. The Labute approximate surface area is 111 Å². The molecule has 0 aliphatic heterocycles. The van der Waals surface area contributed by atoms with Gasteiger partial charge in [0, 0.05) is 12.4 Å². The Morgan fingerprint density at radius 3 is 2.88 bits per heavy atom. The number of thiazole rings is 1. The van der Waals surface area contributed by atoms with Crippen molar-refractivity contribution in [3.8, 4) is 0 Å². The van der Waals surface area contributed by atoms with E-state index >= 15 is 0 Å². The van der Waals surface area contributed by atoms with Gasteiger partial charge in [0.2, 0.25) is 0 Å². The van der Waals surface area contributed by atoms with Gasteiger partial charge in [-0.1, -0.05) is 18.6 Å². The van der Waals surface area contributed by atoms with Crippen LogP contribution in [0, 0.1) is 0 Å². The molecule has 0 saturated heterocycles. The summed E-state index contributed by atoms with van der Waals surface area (Å²) in [5.74, 6) is 0.776. The van der Waals surface area contributed by atoms with Crippen LogP contribution in [0.3, 0.4) is 0 Å². The molecule has 0 radical (unpaired) electrons. The molecular formula is C13H17ClN2S. The number of hydrogen-bond acceptors (Lipinski definition) is 3. The molecule has 4 heteroatoms. The minimum absolute atomic E-state index is 0.776. The Kier molecular flexibility index (Phi) is 5.23. The fraction of sp³-hybridized carbons (Fsp3) is 0.462. The maximum Gasteiger partial charge on any atom is 0.108 e.